The van der Waals surface area contributed by atoms with E-state index in [1.807, 2.05) is 23.5 Å². The van der Waals surface area contributed by atoms with Crippen LogP contribution < -0.4 is 0 Å². The molecule has 3 heteroatoms. The van der Waals surface area contributed by atoms with Crippen LogP contribution in [0.3, 0.4) is 0 Å². The van der Waals surface area contributed by atoms with Crippen LogP contribution >= 0.6 is 23.5 Å². The van der Waals surface area contributed by atoms with Gasteiger partial charge < -0.3 is 0 Å². The molecule has 8 heavy (non-hydrogen) atoms. The summed E-state index contributed by atoms with van der Waals surface area (Å²) in [6.45, 7) is 0. The van der Waals surface area contributed by atoms with Gasteiger partial charge in [-0.15, -0.1) is 0 Å². The standard InChI is InChI=1S/C5H9S2.Li/c1-6-4-3-5-7-2;/h3H,4H2,1-2H3;. The van der Waals surface area contributed by atoms with E-state index >= 15 is 0 Å². The Hall–Kier alpha value is 1.04. The summed E-state index contributed by atoms with van der Waals surface area (Å²) in [5.74, 6) is 1.15. The van der Waals surface area contributed by atoms with Gasteiger partial charge >= 0.3 is 69.2 Å². The average Bonchev–Trinajstić information content (AvgIpc) is 1.83. The molecule has 0 saturated carbocycles. The van der Waals surface area contributed by atoms with Crippen molar-refractivity contribution in [3.8, 4) is 0 Å². The molecule has 0 radical (unpaired) electrons. The Balaban J connectivity index is 3.26. The second-order valence-corrected chi connectivity index (χ2v) is 3.44. The summed E-state index contributed by atoms with van der Waals surface area (Å²) >= 11 is 5.81. The van der Waals surface area contributed by atoms with E-state index in [9.17, 15) is 0 Å². The quantitative estimate of drug-likeness (QED) is 0.547. The van der Waals surface area contributed by atoms with Crippen molar-refractivity contribution in [2.24, 2.45) is 0 Å². The topological polar surface area (TPSA) is 0 Å². The molecule has 0 N–H and O–H groups in total. The van der Waals surface area contributed by atoms with Crippen molar-refractivity contribution in [2.75, 3.05) is 18.3 Å². The Morgan fingerprint density at radius 2 is 2.25 bits per heavy atom. The zero-order chi connectivity index (χ0) is 6.41. The van der Waals surface area contributed by atoms with E-state index in [1.165, 1.54) is 3.58 Å². The van der Waals surface area contributed by atoms with Gasteiger partial charge in [-0.25, -0.2) is 0 Å². The summed E-state index contributed by atoms with van der Waals surface area (Å²) in [6.07, 6.45) is 6.46. The van der Waals surface area contributed by atoms with E-state index in [4.69, 9.17) is 0 Å². The van der Waals surface area contributed by atoms with Crippen LogP contribution in [0.4, 0.5) is 0 Å². The number of hydrogen-bond acceptors (Lipinski definition) is 2. The van der Waals surface area contributed by atoms with Crippen LogP contribution in [0.2, 0.25) is 0 Å². The van der Waals surface area contributed by atoms with E-state index in [0.29, 0.717) is 0 Å². The van der Waals surface area contributed by atoms with Crippen LogP contribution in [0.1, 0.15) is 0 Å². The molecular formula is C5H9LiS2. The fraction of sp³-hybridized carbons (Fsp3) is 0.600. The molecule has 0 aromatic carbocycles. The summed E-state index contributed by atoms with van der Waals surface area (Å²) in [6, 6.07) is 0. The maximum atomic E-state index is 2.25. The number of rotatable bonds is 3. The number of thioether (sulfide) groups is 2. The number of hydrogen-bond donors (Lipinski definition) is 0. The van der Waals surface area contributed by atoms with Crippen LogP contribution in [-0.4, -0.2) is 36.0 Å². The second kappa shape index (κ2) is 6.16. The molecule has 0 unspecified atom stereocenters. The zero-order valence-electron chi connectivity index (χ0n) is 5.60. The van der Waals surface area contributed by atoms with Gasteiger partial charge in [0.15, 0.2) is 0 Å². The molecule has 0 aromatic rings. The van der Waals surface area contributed by atoms with Crippen molar-refractivity contribution >= 4 is 41.2 Å². The van der Waals surface area contributed by atoms with E-state index in [-0.39, 0.29) is 0 Å². The maximum absolute atomic E-state index is 2.25. The van der Waals surface area contributed by atoms with Crippen LogP contribution in [-0.2, 0) is 0 Å². The first-order valence-corrected chi connectivity index (χ1v) is 5.12. The molecule has 0 aliphatic heterocycles. The van der Waals surface area contributed by atoms with E-state index < -0.39 is 0 Å². The summed E-state index contributed by atoms with van der Waals surface area (Å²) < 4.78 is 1.42. The van der Waals surface area contributed by atoms with Crippen molar-refractivity contribution < 1.29 is 0 Å². The molecule has 0 aromatic heterocycles. The predicted molar refractivity (Wildman–Crippen MR) is 45.7 cm³/mol. The molecule has 0 atom stereocenters. The summed E-state index contributed by atoms with van der Waals surface area (Å²) in [7, 11) is 0. The fourth-order valence-corrected chi connectivity index (χ4v) is 1.06. The third kappa shape index (κ3) is 5.18. The molecule has 0 nitrogen and oxygen atoms in total. The SMILES string of the molecule is [Li][C](=CCSC)SC. The van der Waals surface area contributed by atoms with Gasteiger partial charge in [-0.2, -0.15) is 0 Å². The predicted octanol–water partition coefficient (Wildman–Crippen LogP) is 1.72. The van der Waals surface area contributed by atoms with Crippen molar-refractivity contribution in [3.05, 3.63) is 9.65 Å². The third-order valence-corrected chi connectivity index (χ3v) is 2.17. The van der Waals surface area contributed by atoms with Crippen LogP contribution in [0.25, 0.3) is 0 Å². The fourth-order valence-electron chi connectivity index (χ4n) is 0.284. The van der Waals surface area contributed by atoms with Crippen LogP contribution in [0.5, 0.6) is 0 Å². The molecule has 0 amide bonds. The Kier molecular flexibility index (Phi) is 6.96. The van der Waals surface area contributed by atoms with Gasteiger partial charge in [-0.3, -0.25) is 0 Å². The van der Waals surface area contributed by atoms with Crippen LogP contribution in [0.15, 0.2) is 9.65 Å². The summed E-state index contributed by atoms with van der Waals surface area (Å²) in [5.41, 5.74) is 0. The Morgan fingerprint density at radius 3 is 2.62 bits per heavy atom. The van der Waals surface area contributed by atoms with Gasteiger partial charge in [0.25, 0.3) is 0 Å². The Labute approximate surface area is 69.1 Å². The Morgan fingerprint density at radius 1 is 1.62 bits per heavy atom. The van der Waals surface area contributed by atoms with E-state index in [1.54, 1.807) is 0 Å². The molecular weight excluding hydrogens is 131 g/mol. The van der Waals surface area contributed by atoms with Crippen molar-refractivity contribution in [1.29, 1.82) is 0 Å². The van der Waals surface area contributed by atoms with Gasteiger partial charge in [-0.05, 0) is 0 Å². The van der Waals surface area contributed by atoms with Gasteiger partial charge in [-0.1, -0.05) is 0 Å². The molecule has 42 valence electrons. The first-order valence-electron chi connectivity index (χ1n) is 2.51. The van der Waals surface area contributed by atoms with Crippen LogP contribution in [0, 0.1) is 0 Å². The minimum atomic E-state index is 1.15. The molecule has 0 aliphatic rings. The molecule has 0 rings (SSSR count). The first kappa shape index (κ1) is 9.04. The molecule has 0 aliphatic carbocycles. The normalized spacial score (nSPS) is 12.2. The van der Waals surface area contributed by atoms with E-state index in [2.05, 4.69) is 36.3 Å². The van der Waals surface area contributed by atoms with Crippen molar-refractivity contribution in [3.63, 3.8) is 0 Å². The van der Waals surface area contributed by atoms with Gasteiger partial charge in [0.05, 0.1) is 0 Å². The Bertz CT molecular complexity index is 80.5. The van der Waals surface area contributed by atoms with Crippen molar-refractivity contribution in [1.82, 2.24) is 0 Å². The molecule has 0 saturated heterocycles. The molecule has 0 bridgehead atoms. The summed E-state index contributed by atoms with van der Waals surface area (Å²) in [4.78, 5) is 0. The molecule has 0 fully saturated rings. The second-order valence-electron chi connectivity index (χ2n) is 1.47. The van der Waals surface area contributed by atoms with E-state index in [0.717, 1.165) is 5.75 Å². The minimum absolute atomic E-state index is 1.15. The monoisotopic (exact) mass is 140 g/mol. The average molecular weight is 140 g/mol. The first-order chi connectivity index (χ1) is 3.81. The van der Waals surface area contributed by atoms with Gasteiger partial charge in [0, 0.05) is 0 Å². The van der Waals surface area contributed by atoms with Gasteiger partial charge in [0.2, 0.25) is 0 Å². The van der Waals surface area contributed by atoms with Gasteiger partial charge in [0.1, 0.15) is 0 Å². The molecule has 0 heterocycles. The van der Waals surface area contributed by atoms with Crippen molar-refractivity contribution in [2.45, 2.75) is 0 Å². The zero-order valence-corrected chi connectivity index (χ0v) is 7.23. The molecule has 0 spiro atoms. The summed E-state index contributed by atoms with van der Waals surface area (Å²) in [5, 5.41) is 0. The third-order valence-electron chi connectivity index (χ3n) is 0.859.